The van der Waals surface area contributed by atoms with Gasteiger partial charge in [0.15, 0.2) is 0 Å². The van der Waals surface area contributed by atoms with Crippen LogP contribution in [-0.4, -0.2) is 0 Å². The highest BCUT2D eigenvalue weighted by Crippen LogP contribution is 2.24. The SMILES string of the molecule is CCCCCCC(C)C1=CC=CC1. The van der Waals surface area contributed by atoms with Crippen molar-refractivity contribution < 1.29 is 0 Å². The number of hydrogen-bond donors (Lipinski definition) is 0. The zero-order valence-electron chi connectivity index (χ0n) is 9.05. The van der Waals surface area contributed by atoms with Crippen LogP contribution < -0.4 is 0 Å². The number of unbranched alkanes of at least 4 members (excludes halogenated alkanes) is 3. The summed E-state index contributed by atoms with van der Waals surface area (Å²) in [5.41, 5.74) is 1.64. The van der Waals surface area contributed by atoms with Crippen LogP contribution in [0.4, 0.5) is 0 Å². The lowest BCUT2D eigenvalue weighted by atomic mass is 9.94. The molecule has 0 saturated heterocycles. The molecule has 1 aliphatic rings. The van der Waals surface area contributed by atoms with Crippen molar-refractivity contribution >= 4 is 0 Å². The van der Waals surface area contributed by atoms with Crippen LogP contribution in [0.15, 0.2) is 23.8 Å². The molecule has 1 unspecified atom stereocenters. The average molecular weight is 178 g/mol. The van der Waals surface area contributed by atoms with Gasteiger partial charge in [0.1, 0.15) is 0 Å². The van der Waals surface area contributed by atoms with Gasteiger partial charge in [0.25, 0.3) is 0 Å². The third kappa shape index (κ3) is 3.80. The maximum Gasteiger partial charge on any atom is -0.0130 e. The van der Waals surface area contributed by atoms with Gasteiger partial charge >= 0.3 is 0 Å². The zero-order valence-corrected chi connectivity index (χ0v) is 9.05. The highest BCUT2D eigenvalue weighted by Gasteiger charge is 2.08. The summed E-state index contributed by atoms with van der Waals surface area (Å²) in [6.07, 6.45) is 14.9. The number of rotatable bonds is 6. The van der Waals surface area contributed by atoms with Crippen LogP contribution in [0.1, 0.15) is 52.4 Å². The van der Waals surface area contributed by atoms with Gasteiger partial charge < -0.3 is 0 Å². The van der Waals surface area contributed by atoms with Crippen LogP contribution >= 0.6 is 0 Å². The smallest absolute Gasteiger partial charge is 0.0130 e. The molecule has 0 amide bonds. The second-order valence-electron chi connectivity index (χ2n) is 4.12. The average Bonchev–Trinajstić information content (AvgIpc) is 2.65. The van der Waals surface area contributed by atoms with Gasteiger partial charge in [0, 0.05) is 0 Å². The molecule has 0 spiro atoms. The largest absolute Gasteiger partial charge is 0.0805 e. The van der Waals surface area contributed by atoms with E-state index in [-0.39, 0.29) is 0 Å². The van der Waals surface area contributed by atoms with E-state index in [1.165, 1.54) is 38.5 Å². The van der Waals surface area contributed by atoms with Gasteiger partial charge in [0.2, 0.25) is 0 Å². The molecule has 0 heterocycles. The van der Waals surface area contributed by atoms with Crippen LogP contribution in [0, 0.1) is 5.92 Å². The van der Waals surface area contributed by atoms with Crippen LogP contribution in [0.25, 0.3) is 0 Å². The van der Waals surface area contributed by atoms with E-state index in [0.29, 0.717) is 0 Å². The Labute approximate surface area is 82.7 Å². The van der Waals surface area contributed by atoms with Crippen molar-refractivity contribution in [3.63, 3.8) is 0 Å². The maximum atomic E-state index is 2.37. The zero-order chi connectivity index (χ0) is 9.52. The summed E-state index contributed by atoms with van der Waals surface area (Å²) in [5, 5.41) is 0. The van der Waals surface area contributed by atoms with Crippen LogP contribution in [0.3, 0.4) is 0 Å². The summed E-state index contributed by atoms with van der Waals surface area (Å²) in [5.74, 6) is 0.812. The van der Waals surface area contributed by atoms with Crippen LogP contribution in [0.2, 0.25) is 0 Å². The van der Waals surface area contributed by atoms with Crippen molar-refractivity contribution in [2.45, 2.75) is 52.4 Å². The van der Waals surface area contributed by atoms with Crippen molar-refractivity contribution in [2.75, 3.05) is 0 Å². The molecule has 0 bridgehead atoms. The molecule has 1 rings (SSSR count). The number of allylic oxidation sites excluding steroid dienone is 4. The Balaban J connectivity index is 2.07. The highest BCUT2D eigenvalue weighted by molar-refractivity contribution is 5.24. The van der Waals surface area contributed by atoms with Gasteiger partial charge in [-0.15, -0.1) is 0 Å². The Kier molecular flexibility index (Phi) is 4.88. The van der Waals surface area contributed by atoms with Gasteiger partial charge in [0.05, 0.1) is 0 Å². The van der Waals surface area contributed by atoms with Crippen molar-refractivity contribution in [1.82, 2.24) is 0 Å². The molecule has 1 aliphatic carbocycles. The summed E-state index contributed by atoms with van der Waals surface area (Å²) in [6.45, 7) is 4.64. The lowest BCUT2D eigenvalue weighted by molar-refractivity contribution is 0.538. The fraction of sp³-hybridized carbons (Fsp3) is 0.692. The van der Waals surface area contributed by atoms with E-state index >= 15 is 0 Å². The minimum atomic E-state index is 0.812. The highest BCUT2D eigenvalue weighted by atomic mass is 14.1. The summed E-state index contributed by atoms with van der Waals surface area (Å²) >= 11 is 0. The Bertz CT molecular complexity index is 186. The minimum Gasteiger partial charge on any atom is -0.0805 e. The predicted octanol–water partition coefficient (Wildman–Crippen LogP) is 4.48. The van der Waals surface area contributed by atoms with Crippen LogP contribution in [0.5, 0.6) is 0 Å². The fourth-order valence-electron chi connectivity index (χ4n) is 1.89. The fourth-order valence-corrected chi connectivity index (χ4v) is 1.89. The monoisotopic (exact) mass is 178 g/mol. The van der Waals surface area contributed by atoms with Crippen molar-refractivity contribution in [1.29, 1.82) is 0 Å². The lowest BCUT2D eigenvalue weighted by Gasteiger charge is -2.12. The van der Waals surface area contributed by atoms with Crippen molar-refractivity contribution in [3.05, 3.63) is 23.8 Å². The first-order valence-corrected chi connectivity index (χ1v) is 5.70. The maximum absolute atomic E-state index is 2.37. The first-order chi connectivity index (χ1) is 6.34. The second kappa shape index (κ2) is 6.01. The third-order valence-electron chi connectivity index (χ3n) is 2.92. The summed E-state index contributed by atoms with van der Waals surface area (Å²) in [4.78, 5) is 0. The Morgan fingerprint density at radius 2 is 2.15 bits per heavy atom. The Hall–Kier alpha value is -0.520. The summed E-state index contributed by atoms with van der Waals surface area (Å²) in [7, 11) is 0. The standard InChI is InChI=1S/C13H22/c1-3-4-5-6-9-12(2)13-10-7-8-11-13/h7-8,10,12H,3-6,9,11H2,1-2H3. The van der Waals surface area contributed by atoms with E-state index in [0.717, 1.165) is 5.92 Å². The topological polar surface area (TPSA) is 0 Å². The van der Waals surface area contributed by atoms with Gasteiger partial charge in [-0.25, -0.2) is 0 Å². The molecule has 0 aromatic rings. The van der Waals surface area contributed by atoms with E-state index in [4.69, 9.17) is 0 Å². The first-order valence-electron chi connectivity index (χ1n) is 5.70. The third-order valence-corrected chi connectivity index (χ3v) is 2.92. The van der Waals surface area contributed by atoms with E-state index in [1.807, 2.05) is 0 Å². The van der Waals surface area contributed by atoms with E-state index in [1.54, 1.807) is 5.57 Å². The van der Waals surface area contributed by atoms with E-state index in [9.17, 15) is 0 Å². The molecule has 0 aromatic heterocycles. The molecule has 0 N–H and O–H groups in total. The summed E-state index contributed by atoms with van der Waals surface area (Å²) in [6, 6.07) is 0. The molecule has 13 heavy (non-hydrogen) atoms. The molecule has 0 saturated carbocycles. The van der Waals surface area contributed by atoms with Gasteiger partial charge in [-0.1, -0.05) is 63.3 Å². The molecule has 74 valence electrons. The van der Waals surface area contributed by atoms with Crippen molar-refractivity contribution in [3.8, 4) is 0 Å². The molecule has 0 aliphatic heterocycles. The molecule has 0 nitrogen and oxygen atoms in total. The van der Waals surface area contributed by atoms with Crippen molar-refractivity contribution in [2.24, 2.45) is 5.92 Å². The van der Waals surface area contributed by atoms with Gasteiger partial charge in [-0.3, -0.25) is 0 Å². The lowest BCUT2D eigenvalue weighted by Crippen LogP contribution is -1.97. The minimum absolute atomic E-state index is 0.812. The predicted molar refractivity (Wildman–Crippen MR) is 59.8 cm³/mol. The normalized spacial score (nSPS) is 17.5. The molecule has 0 radical (unpaired) electrons. The van der Waals surface area contributed by atoms with Crippen LogP contribution in [-0.2, 0) is 0 Å². The Morgan fingerprint density at radius 1 is 1.31 bits per heavy atom. The molecular weight excluding hydrogens is 156 g/mol. The van der Waals surface area contributed by atoms with E-state index in [2.05, 4.69) is 32.1 Å². The molecule has 1 atom stereocenters. The molecular formula is C13H22. The number of hydrogen-bond acceptors (Lipinski definition) is 0. The molecule has 0 fully saturated rings. The van der Waals surface area contributed by atoms with Gasteiger partial charge in [-0.05, 0) is 18.8 Å². The van der Waals surface area contributed by atoms with E-state index < -0.39 is 0 Å². The molecule has 0 heteroatoms. The Morgan fingerprint density at radius 3 is 2.77 bits per heavy atom. The molecule has 0 aromatic carbocycles. The quantitative estimate of drug-likeness (QED) is 0.526. The van der Waals surface area contributed by atoms with Gasteiger partial charge in [-0.2, -0.15) is 0 Å². The first kappa shape index (κ1) is 10.6. The summed E-state index contributed by atoms with van der Waals surface area (Å²) < 4.78 is 0. The second-order valence-corrected chi connectivity index (χ2v) is 4.12.